The van der Waals surface area contributed by atoms with Crippen LogP contribution in [0.3, 0.4) is 0 Å². The molecule has 0 amide bonds. The summed E-state index contributed by atoms with van der Waals surface area (Å²) in [6, 6.07) is 5.08. The largest absolute Gasteiger partial charge is 0.416 e. The number of hydrazine groups is 1. The van der Waals surface area contributed by atoms with E-state index >= 15 is 0 Å². The summed E-state index contributed by atoms with van der Waals surface area (Å²) in [5.74, 6) is 5.71. The van der Waals surface area contributed by atoms with Crippen LogP contribution in [0.1, 0.15) is 31.7 Å². The lowest BCUT2D eigenvalue weighted by Gasteiger charge is -2.19. The molecule has 0 heterocycles. The molecule has 0 radical (unpaired) electrons. The van der Waals surface area contributed by atoms with E-state index in [0.29, 0.717) is 12.2 Å². The fraction of sp³-hybridized carbons (Fsp3) is 0.500. The molecule has 1 aromatic carbocycles. The van der Waals surface area contributed by atoms with Gasteiger partial charge in [-0.3, -0.25) is 0 Å². The Morgan fingerprint density at radius 2 is 1.94 bits per heavy atom. The molecule has 2 N–H and O–H groups in total. The summed E-state index contributed by atoms with van der Waals surface area (Å²) in [5, 5.41) is 1.37. The molecule has 0 saturated carbocycles. The summed E-state index contributed by atoms with van der Waals surface area (Å²) >= 11 is 0. The van der Waals surface area contributed by atoms with Gasteiger partial charge in [-0.25, -0.2) is 5.84 Å². The second-order valence-corrected chi connectivity index (χ2v) is 3.95. The second-order valence-electron chi connectivity index (χ2n) is 3.95. The van der Waals surface area contributed by atoms with E-state index in [0.717, 1.165) is 31.4 Å². The molecule has 0 saturated heterocycles. The van der Waals surface area contributed by atoms with Crippen LogP contribution in [0.5, 0.6) is 0 Å². The zero-order chi connectivity index (χ0) is 12.9. The summed E-state index contributed by atoms with van der Waals surface area (Å²) in [6.45, 7) is 2.63. The summed E-state index contributed by atoms with van der Waals surface area (Å²) < 4.78 is 37.4. The van der Waals surface area contributed by atoms with E-state index in [2.05, 4.69) is 6.92 Å². The van der Waals surface area contributed by atoms with Crippen LogP contribution >= 0.6 is 0 Å². The number of anilines is 1. The monoisotopic (exact) mass is 246 g/mol. The zero-order valence-electron chi connectivity index (χ0n) is 9.80. The first kappa shape index (κ1) is 13.8. The number of alkyl halides is 3. The second kappa shape index (κ2) is 5.91. The number of halogens is 3. The first-order valence-corrected chi connectivity index (χ1v) is 5.64. The highest BCUT2D eigenvalue weighted by Gasteiger charge is 2.30. The van der Waals surface area contributed by atoms with Gasteiger partial charge in [0.05, 0.1) is 11.3 Å². The average molecular weight is 246 g/mol. The molecular formula is C12H17F3N2. The van der Waals surface area contributed by atoms with E-state index in [1.807, 2.05) is 0 Å². The molecule has 1 rings (SSSR count). The third-order valence-electron chi connectivity index (χ3n) is 2.51. The lowest BCUT2D eigenvalue weighted by Crippen LogP contribution is -2.32. The number of rotatable bonds is 5. The van der Waals surface area contributed by atoms with Crippen LogP contribution in [0.2, 0.25) is 0 Å². The molecule has 0 aromatic heterocycles. The lowest BCUT2D eigenvalue weighted by molar-refractivity contribution is -0.137. The van der Waals surface area contributed by atoms with Gasteiger partial charge in [-0.05, 0) is 24.6 Å². The Balaban J connectivity index is 2.71. The quantitative estimate of drug-likeness (QED) is 0.489. The van der Waals surface area contributed by atoms with E-state index < -0.39 is 11.7 Å². The SMILES string of the molecule is CCCCCN(N)c1cccc(C(F)(F)F)c1. The van der Waals surface area contributed by atoms with Crippen molar-refractivity contribution in [2.75, 3.05) is 11.6 Å². The molecule has 96 valence electrons. The molecule has 0 aliphatic rings. The van der Waals surface area contributed by atoms with Gasteiger partial charge in [0.2, 0.25) is 0 Å². The number of hydrogen-bond donors (Lipinski definition) is 1. The van der Waals surface area contributed by atoms with Crippen molar-refractivity contribution in [3.05, 3.63) is 29.8 Å². The Morgan fingerprint density at radius 1 is 1.24 bits per heavy atom. The van der Waals surface area contributed by atoms with Crippen molar-refractivity contribution in [2.45, 2.75) is 32.4 Å². The van der Waals surface area contributed by atoms with Crippen molar-refractivity contribution < 1.29 is 13.2 Å². The zero-order valence-corrected chi connectivity index (χ0v) is 9.80. The van der Waals surface area contributed by atoms with Crippen LogP contribution in [-0.4, -0.2) is 6.54 Å². The first-order valence-electron chi connectivity index (χ1n) is 5.64. The van der Waals surface area contributed by atoms with Crippen molar-refractivity contribution in [3.63, 3.8) is 0 Å². The number of unbranched alkanes of at least 4 members (excludes halogenated alkanes) is 2. The third kappa shape index (κ3) is 4.26. The topological polar surface area (TPSA) is 29.3 Å². The number of benzene rings is 1. The van der Waals surface area contributed by atoms with Crippen molar-refractivity contribution in [1.29, 1.82) is 0 Å². The van der Waals surface area contributed by atoms with Crippen molar-refractivity contribution in [3.8, 4) is 0 Å². The van der Waals surface area contributed by atoms with Gasteiger partial charge >= 0.3 is 6.18 Å². The molecule has 0 bridgehead atoms. The standard InChI is InChI=1S/C12H17F3N2/c1-2-3-4-8-17(16)11-7-5-6-10(9-11)12(13,14)15/h5-7,9H,2-4,8,16H2,1H3. The van der Waals surface area contributed by atoms with Crippen LogP contribution in [0.25, 0.3) is 0 Å². The minimum Gasteiger partial charge on any atom is -0.311 e. The Hall–Kier alpha value is -1.23. The maximum Gasteiger partial charge on any atom is 0.416 e. The molecule has 0 unspecified atom stereocenters. The van der Waals surface area contributed by atoms with Crippen molar-refractivity contribution >= 4 is 5.69 Å². The first-order chi connectivity index (χ1) is 7.95. The van der Waals surface area contributed by atoms with E-state index in [9.17, 15) is 13.2 Å². The van der Waals surface area contributed by atoms with Gasteiger partial charge in [0.15, 0.2) is 0 Å². The Bertz CT molecular complexity index is 350. The Kier molecular flexibility index (Phi) is 4.81. The maximum atomic E-state index is 12.5. The van der Waals surface area contributed by atoms with Gasteiger partial charge in [0, 0.05) is 6.54 Å². The van der Waals surface area contributed by atoms with E-state index in [4.69, 9.17) is 5.84 Å². The highest BCUT2D eigenvalue weighted by Crippen LogP contribution is 2.31. The fourth-order valence-electron chi connectivity index (χ4n) is 1.52. The van der Waals surface area contributed by atoms with Crippen LogP contribution in [0, 0.1) is 0 Å². The number of nitrogens with zero attached hydrogens (tertiary/aromatic N) is 1. The molecule has 2 nitrogen and oxygen atoms in total. The molecule has 0 fully saturated rings. The van der Waals surface area contributed by atoms with E-state index in [1.165, 1.54) is 11.1 Å². The van der Waals surface area contributed by atoms with E-state index in [1.54, 1.807) is 6.07 Å². The van der Waals surface area contributed by atoms with E-state index in [-0.39, 0.29) is 0 Å². The molecule has 0 spiro atoms. The van der Waals surface area contributed by atoms with Crippen LogP contribution in [0.4, 0.5) is 18.9 Å². The highest BCUT2D eigenvalue weighted by molar-refractivity contribution is 5.47. The fourth-order valence-corrected chi connectivity index (χ4v) is 1.52. The summed E-state index contributed by atoms with van der Waals surface area (Å²) in [5.41, 5.74) is -0.267. The van der Waals surface area contributed by atoms with Gasteiger partial charge in [0.25, 0.3) is 0 Å². The molecule has 5 heteroatoms. The summed E-state index contributed by atoms with van der Waals surface area (Å²) in [7, 11) is 0. The van der Waals surface area contributed by atoms with Gasteiger partial charge in [-0.2, -0.15) is 13.2 Å². The Morgan fingerprint density at radius 3 is 2.53 bits per heavy atom. The predicted octanol–water partition coefficient (Wildman–Crippen LogP) is 3.58. The van der Waals surface area contributed by atoms with Gasteiger partial charge in [0.1, 0.15) is 0 Å². The number of nitrogens with two attached hydrogens (primary N) is 1. The average Bonchev–Trinajstić information content (AvgIpc) is 2.28. The Labute approximate surface area is 99.2 Å². The highest BCUT2D eigenvalue weighted by atomic mass is 19.4. The minimum absolute atomic E-state index is 0.399. The molecular weight excluding hydrogens is 229 g/mol. The summed E-state index contributed by atoms with van der Waals surface area (Å²) in [6.07, 6.45) is -1.37. The minimum atomic E-state index is -4.32. The molecule has 17 heavy (non-hydrogen) atoms. The number of hydrogen-bond acceptors (Lipinski definition) is 2. The van der Waals surface area contributed by atoms with Gasteiger partial charge in [-0.1, -0.05) is 25.8 Å². The van der Waals surface area contributed by atoms with Gasteiger partial charge in [-0.15, -0.1) is 0 Å². The van der Waals surface area contributed by atoms with Crippen LogP contribution in [-0.2, 0) is 6.18 Å². The van der Waals surface area contributed by atoms with Gasteiger partial charge < -0.3 is 5.01 Å². The van der Waals surface area contributed by atoms with Crippen molar-refractivity contribution in [2.24, 2.45) is 5.84 Å². The molecule has 1 aromatic rings. The lowest BCUT2D eigenvalue weighted by atomic mass is 10.2. The maximum absolute atomic E-state index is 12.5. The van der Waals surface area contributed by atoms with Crippen LogP contribution in [0.15, 0.2) is 24.3 Å². The summed E-state index contributed by atoms with van der Waals surface area (Å²) in [4.78, 5) is 0. The molecule has 0 aliphatic carbocycles. The predicted molar refractivity (Wildman–Crippen MR) is 62.5 cm³/mol. The van der Waals surface area contributed by atoms with Crippen LogP contribution < -0.4 is 10.9 Å². The molecule has 0 atom stereocenters. The smallest absolute Gasteiger partial charge is 0.311 e. The normalized spacial score (nSPS) is 11.6. The molecule has 0 aliphatic heterocycles. The third-order valence-corrected chi connectivity index (χ3v) is 2.51. The van der Waals surface area contributed by atoms with Crippen molar-refractivity contribution in [1.82, 2.24) is 0 Å².